The predicted octanol–water partition coefficient (Wildman–Crippen LogP) is 1.14. The summed E-state index contributed by atoms with van der Waals surface area (Å²) in [5.41, 5.74) is 1.59. The van der Waals surface area contributed by atoms with Crippen molar-refractivity contribution in [2.45, 2.75) is 31.5 Å². The van der Waals surface area contributed by atoms with Crippen molar-refractivity contribution >= 4 is 5.91 Å². The molecule has 128 valence electrons. The summed E-state index contributed by atoms with van der Waals surface area (Å²) in [5, 5.41) is 13.6. The lowest BCUT2D eigenvalue weighted by atomic mass is 10.0. The van der Waals surface area contributed by atoms with Crippen LogP contribution in [0.3, 0.4) is 0 Å². The number of piperazine rings is 1. The van der Waals surface area contributed by atoms with Gasteiger partial charge in [0.05, 0.1) is 12.6 Å². The van der Waals surface area contributed by atoms with E-state index in [2.05, 4.69) is 21.1 Å². The van der Waals surface area contributed by atoms with Gasteiger partial charge in [-0.15, -0.1) is 0 Å². The first kappa shape index (κ1) is 15.8. The van der Waals surface area contributed by atoms with Crippen LogP contribution in [-0.2, 0) is 6.54 Å². The first-order valence-corrected chi connectivity index (χ1v) is 8.61. The highest BCUT2D eigenvalue weighted by Gasteiger charge is 2.38. The molecule has 2 heterocycles. The summed E-state index contributed by atoms with van der Waals surface area (Å²) in [4.78, 5) is 21.1. The molecule has 1 aliphatic carbocycles. The number of carbonyl (C=O) groups is 1. The molecular weight excluding hydrogens is 316 g/mol. The van der Waals surface area contributed by atoms with E-state index in [1.54, 1.807) is 11.0 Å². The van der Waals surface area contributed by atoms with E-state index in [4.69, 9.17) is 0 Å². The van der Waals surface area contributed by atoms with Crippen LogP contribution in [0.1, 0.15) is 28.8 Å². The second-order valence-corrected chi connectivity index (χ2v) is 6.62. The molecule has 1 atom stereocenters. The van der Waals surface area contributed by atoms with Crippen LogP contribution >= 0.6 is 0 Å². The van der Waals surface area contributed by atoms with Gasteiger partial charge in [0.2, 0.25) is 0 Å². The summed E-state index contributed by atoms with van der Waals surface area (Å²) in [6.07, 6.45) is 5.47. The summed E-state index contributed by atoms with van der Waals surface area (Å²) >= 11 is 0. The molecule has 1 saturated carbocycles. The van der Waals surface area contributed by atoms with Gasteiger partial charge in [-0.3, -0.25) is 9.69 Å². The van der Waals surface area contributed by atoms with Crippen molar-refractivity contribution < 1.29 is 4.79 Å². The quantitative estimate of drug-likeness (QED) is 0.837. The average molecular weight is 336 g/mol. The average Bonchev–Trinajstić information content (AvgIpc) is 3.38. The summed E-state index contributed by atoms with van der Waals surface area (Å²) in [6, 6.07) is 10.3. The van der Waals surface area contributed by atoms with E-state index in [1.165, 1.54) is 19.2 Å². The Bertz CT molecular complexity index is 792. The van der Waals surface area contributed by atoms with Gasteiger partial charge in [0.1, 0.15) is 18.7 Å². The number of benzene rings is 1. The minimum absolute atomic E-state index is 0.00795. The van der Waals surface area contributed by atoms with Crippen molar-refractivity contribution in [2.24, 2.45) is 0 Å². The third kappa shape index (κ3) is 3.26. The van der Waals surface area contributed by atoms with Crippen LogP contribution in [0.15, 0.2) is 36.9 Å². The Morgan fingerprint density at radius 1 is 1.28 bits per heavy atom. The Labute approximate surface area is 146 Å². The van der Waals surface area contributed by atoms with E-state index < -0.39 is 0 Å². The number of nitrogens with zero attached hydrogens (tertiary/aromatic N) is 6. The Morgan fingerprint density at radius 3 is 2.84 bits per heavy atom. The van der Waals surface area contributed by atoms with Crippen LogP contribution in [-0.4, -0.2) is 62.2 Å². The van der Waals surface area contributed by atoms with Gasteiger partial charge in [-0.1, -0.05) is 18.2 Å². The second-order valence-electron chi connectivity index (χ2n) is 6.62. The van der Waals surface area contributed by atoms with E-state index >= 15 is 0 Å². The molecule has 7 nitrogen and oxygen atoms in total. The van der Waals surface area contributed by atoms with Gasteiger partial charge in [-0.25, -0.2) is 9.67 Å². The number of amides is 1. The van der Waals surface area contributed by atoms with Gasteiger partial charge in [0.15, 0.2) is 0 Å². The summed E-state index contributed by atoms with van der Waals surface area (Å²) in [5.74, 6) is -0.00795. The molecule has 2 fully saturated rings. The number of nitriles is 1. The van der Waals surface area contributed by atoms with Gasteiger partial charge in [-0.2, -0.15) is 10.4 Å². The van der Waals surface area contributed by atoms with Crippen LogP contribution in [0.2, 0.25) is 0 Å². The van der Waals surface area contributed by atoms with Crippen LogP contribution < -0.4 is 0 Å². The molecule has 2 aromatic rings. The Balaban J connectivity index is 1.52. The molecule has 1 saturated heterocycles. The van der Waals surface area contributed by atoms with Crippen LogP contribution in [0, 0.1) is 11.3 Å². The molecule has 0 radical (unpaired) electrons. The van der Waals surface area contributed by atoms with Crippen LogP contribution in [0.25, 0.3) is 0 Å². The first-order valence-electron chi connectivity index (χ1n) is 8.61. The monoisotopic (exact) mass is 336 g/mol. The number of carbonyl (C=O) groups excluding carboxylic acids is 1. The normalized spacial score (nSPS) is 21.1. The number of aromatic nitrogens is 3. The fraction of sp³-hybridized carbons (Fsp3) is 0.444. The summed E-state index contributed by atoms with van der Waals surface area (Å²) < 4.78 is 1.70. The first-order chi connectivity index (χ1) is 12.3. The van der Waals surface area contributed by atoms with Gasteiger partial charge >= 0.3 is 0 Å². The molecule has 0 spiro atoms. The minimum atomic E-state index is -0.201. The zero-order chi connectivity index (χ0) is 17.2. The highest BCUT2D eigenvalue weighted by molar-refractivity contribution is 5.95. The molecule has 1 aliphatic heterocycles. The van der Waals surface area contributed by atoms with E-state index in [9.17, 15) is 10.1 Å². The molecule has 0 N–H and O–H groups in total. The maximum Gasteiger partial charge on any atom is 0.254 e. The number of rotatable bonds is 4. The van der Waals surface area contributed by atoms with Crippen LogP contribution in [0.5, 0.6) is 0 Å². The Hall–Kier alpha value is -2.72. The molecule has 0 bridgehead atoms. The van der Waals surface area contributed by atoms with E-state index in [0.29, 0.717) is 31.2 Å². The summed E-state index contributed by atoms with van der Waals surface area (Å²) in [6.45, 7) is 2.43. The van der Waals surface area contributed by atoms with Crippen molar-refractivity contribution in [3.8, 4) is 6.07 Å². The zero-order valence-corrected chi connectivity index (χ0v) is 14.0. The molecule has 1 unspecified atom stereocenters. The lowest BCUT2D eigenvalue weighted by Crippen LogP contribution is -2.55. The smallest absolute Gasteiger partial charge is 0.254 e. The lowest BCUT2D eigenvalue weighted by molar-refractivity contribution is 0.0549. The third-order valence-corrected chi connectivity index (χ3v) is 4.92. The van der Waals surface area contributed by atoms with Crippen LogP contribution in [0.4, 0.5) is 0 Å². The SMILES string of the molecule is N#CC1CN(C(=O)c2ccccc2Cn2cncn2)CCN1C1CC1. The highest BCUT2D eigenvalue weighted by Crippen LogP contribution is 2.30. The van der Waals surface area contributed by atoms with Crippen molar-refractivity contribution in [1.82, 2.24) is 24.6 Å². The molecule has 1 amide bonds. The highest BCUT2D eigenvalue weighted by atomic mass is 16.2. The molecule has 1 aromatic carbocycles. The van der Waals surface area contributed by atoms with Gasteiger partial charge < -0.3 is 4.90 Å². The minimum Gasteiger partial charge on any atom is -0.335 e. The summed E-state index contributed by atoms with van der Waals surface area (Å²) in [7, 11) is 0. The Kier molecular flexibility index (Phi) is 4.20. The fourth-order valence-corrected chi connectivity index (χ4v) is 3.47. The van der Waals surface area contributed by atoms with E-state index in [0.717, 1.165) is 12.1 Å². The standard InChI is InChI=1S/C18H20N6O/c19-9-16-11-22(7-8-24(16)15-5-6-15)18(25)17-4-2-1-3-14(17)10-23-13-20-12-21-23/h1-4,12-13,15-16H,5-8,10-11H2. The molecule has 25 heavy (non-hydrogen) atoms. The largest absolute Gasteiger partial charge is 0.335 e. The van der Waals surface area contributed by atoms with Gasteiger partial charge in [-0.05, 0) is 24.5 Å². The number of hydrogen-bond acceptors (Lipinski definition) is 5. The second kappa shape index (κ2) is 6.65. The topological polar surface area (TPSA) is 78.0 Å². The molecule has 1 aromatic heterocycles. The molecule has 2 aliphatic rings. The fourth-order valence-electron chi connectivity index (χ4n) is 3.47. The predicted molar refractivity (Wildman–Crippen MR) is 90.6 cm³/mol. The lowest BCUT2D eigenvalue weighted by Gasteiger charge is -2.38. The van der Waals surface area contributed by atoms with Gasteiger partial charge in [0.25, 0.3) is 5.91 Å². The molecule has 4 rings (SSSR count). The van der Waals surface area contributed by atoms with E-state index in [1.807, 2.05) is 29.2 Å². The zero-order valence-electron chi connectivity index (χ0n) is 14.0. The molecular formula is C18H20N6O. The van der Waals surface area contributed by atoms with Crippen molar-refractivity contribution in [3.05, 3.63) is 48.0 Å². The number of hydrogen-bond donors (Lipinski definition) is 0. The van der Waals surface area contributed by atoms with Gasteiger partial charge in [0, 0.05) is 31.2 Å². The maximum atomic E-state index is 13.1. The van der Waals surface area contributed by atoms with Crippen molar-refractivity contribution in [3.63, 3.8) is 0 Å². The van der Waals surface area contributed by atoms with E-state index in [-0.39, 0.29) is 11.9 Å². The third-order valence-electron chi connectivity index (χ3n) is 4.92. The van der Waals surface area contributed by atoms with Crippen molar-refractivity contribution in [2.75, 3.05) is 19.6 Å². The maximum absolute atomic E-state index is 13.1. The Morgan fingerprint density at radius 2 is 2.12 bits per heavy atom. The molecule has 7 heteroatoms. The van der Waals surface area contributed by atoms with Crippen molar-refractivity contribution in [1.29, 1.82) is 5.26 Å².